The lowest BCUT2D eigenvalue weighted by molar-refractivity contribution is 0.297. The Hall–Kier alpha value is -1.29. The highest BCUT2D eigenvalue weighted by Gasteiger charge is 2.11. The Morgan fingerprint density at radius 3 is 2.88 bits per heavy atom. The predicted octanol–water partition coefficient (Wildman–Crippen LogP) is 1.93. The molecule has 4 nitrogen and oxygen atoms in total. The zero-order valence-electron chi connectivity index (χ0n) is 10.6. The number of ether oxygens (including phenoxy) is 1. The molecule has 0 aliphatic carbocycles. The van der Waals surface area contributed by atoms with Gasteiger partial charge in [-0.1, -0.05) is 20.4 Å². The molecule has 0 unspecified atom stereocenters. The highest BCUT2D eigenvalue weighted by atomic mass is 16.5. The topological polar surface area (TPSA) is 39.1 Å². The molecule has 90 valence electrons. The van der Waals surface area contributed by atoms with Crippen LogP contribution in [0, 0.1) is 0 Å². The molecular weight excluding hydrogens is 202 g/mol. The smallest absolute Gasteiger partial charge is 0.139 e. The van der Waals surface area contributed by atoms with Gasteiger partial charge in [0.05, 0.1) is 6.61 Å². The van der Waals surface area contributed by atoms with Crippen LogP contribution in [0.3, 0.4) is 0 Å². The second-order valence-corrected chi connectivity index (χ2v) is 4.07. The summed E-state index contributed by atoms with van der Waals surface area (Å²) in [6.45, 7) is 11.5. The minimum atomic E-state index is 0.452. The molecule has 0 radical (unpaired) electrons. The van der Waals surface area contributed by atoms with E-state index in [1.807, 2.05) is 20.2 Å². The summed E-state index contributed by atoms with van der Waals surface area (Å²) in [5.74, 6) is 0.642. The van der Waals surface area contributed by atoms with Gasteiger partial charge in [0, 0.05) is 31.4 Å². The van der Waals surface area contributed by atoms with E-state index in [2.05, 4.69) is 30.8 Å². The summed E-state index contributed by atoms with van der Waals surface area (Å²) in [6, 6.07) is 0.452. The fraction of sp³-hybridized carbons (Fsp3) is 0.583. The van der Waals surface area contributed by atoms with Gasteiger partial charge in [-0.2, -0.15) is 5.10 Å². The first kappa shape index (κ1) is 12.8. The van der Waals surface area contributed by atoms with Crippen LogP contribution in [0.5, 0.6) is 0 Å². The van der Waals surface area contributed by atoms with E-state index in [9.17, 15) is 0 Å². The van der Waals surface area contributed by atoms with Gasteiger partial charge in [-0.15, -0.1) is 0 Å². The van der Waals surface area contributed by atoms with Crippen molar-refractivity contribution in [1.82, 2.24) is 15.1 Å². The highest BCUT2D eigenvalue weighted by molar-refractivity contribution is 5.56. The maximum atomic E-state index is 5.39. The van der Waals surface area contributed by atoms with E-state index >= 15 is 0 Å². The summed E-state index contributed by atoms with van der Waals surface area (Å²) >= 11 is 0. The van der Waals surface area contributed by atoms with E-state index < -0.39 is 0 Å². The summed E-state index contributed by atoms with van der Waals surface area (Å²) in [4.78, 5) is 0. The molecule has 0 aliphatic rings. The second kappa shape index (κ2) is 5.70. The molecule has 0 saturated heterocycles. The standard InChI is InChI=1S/C12H21N3O/c1-6-16-10(4)12-11(7-13-9(2)3)8-15(5)14-12/h8-9,13H,4,6-7H2,1-3,5H3. The lowest BCUT2D eigenvalue weighted by atomic mass is 10.2. The first-order valence-electron chi connectivity index (χ1n) is 5.62. The lowest BCUT2D eigenvalue weighted by Crippen LogP contribution is -2.22. The second-order valence-electron chi connectivity index (χ2n) is 4.07. The van der Waals surface area contributed by atoms with Gasteiger partial charge < -0.3 is 10.1 Å². The number of aromatic nitrogens is 2. The van der Waals surface area contributed by atoms with Gasteiger partial charge in [-0.3, -0.25) is 4.68 Å². The van der Waals surface area contributed by atoms with Crippen molar-refractivity contribution in [2.75, 3.05) is 6.61 Å². The van der Waals surface area contributed by atoms with E-state index in [4.69, 9.17) is 4.74 Å². The minimum Gasteiger partial charge on any atom is -0.492 e. The normalized spacial score (nSPS) is 10.8. The summed E-state index contributed by atoms with van der Waals surface area (Å²) < 4.78 is 7.18. The Morgan fingerprint density at radius 1 is 1.62 bits per heavy atom. The maximum Gasteiger partial charge on any atom is 0.139 e. The van der Waals surface area contributed by atoms with Crippen molar-refractivity contribution in [3.05, 3.63) is 24.0 Å². The molecule has 1 rings (SSSR count). The quantitative estimate of drug-likeness (QED) is 0.749. The molecule has 0 aromatic carbocycles. The number of nitrogens with zero attached hydrogens (tertiary/aromatic N) is 2. The summed E-state index contributed by atoms with van der Waals surface area (Å²) in [5, 5.41) is 7.72. The van der Waals surface area contributed by atoms with E-state index in [0.717, 1.165) is 17.8 Å². The third-order valence-electron chi connectivity index (χ3n) is 2.19. The highest BCUT2D eigenvalue weighted by Crippen LogP contribution is 2.16. The number of nitrogens with one attached hydrogen (secondary N) is 1. The van der Waals surface area contributed by atoms with Crippen LogP contribution in [-0.4, -0.2) is 22.4 Å². The van der Waals surface area contributed by atoms with Crippen LogP contribution in [0.25, 0.3) is 5.76 Å². The number of hydrogen-bond acceptors (Lipinski definition) is 3. The lowest BCUT2D eigenvalue weighted by Gasteiger charge is -2.09. The van der Waals surface area contributed by atoms with Crippen LogP contribution in [-0.2, 0) is 18.3 Å². The van der Waals surface area contributed by atoms with Gasteiger partial charge in [0.2, 0.25) is 0 Å². The maximum absolute atomic E-state index is 5.39. The Bertz CT molecular complexity index is 355. The third kappa shape index (κ3) is 3.38. The van der Waals surface area contributed by atoms with Crippen LogP contribution in [0.2, 0.25) is 0 Å². The van der Waals surface area contributed by atoms with Crippen molar-refractivity contribution in [3.8, 4) is 0 Å². The number of aryl methyl sites for hydroxylation is 1. The average molecular weight is 223 g/mol. The zero-order chi connectivity index (χ0) is 12.1. The minimum absolute atomic E-state index is 0.452. The van der Waals surface area contributed by atoms with Crippen LogP contribution < -0.4 is 5.32 Å². The van der Waals surface area contributed by atoms with Crippen LogP contribution in [0.4, 0.5) is 0 Å². The fourth-order valence-electron chi connectivity index (χ4n) is 1.46. The van der Waals surface area contributed by atoms with Crippen molar-refractivity contribution >= 4 is 5.76 Å². The number of rotatable bonds is 6. The van der Waals surface area contributed by atoms with Crippen molar-refractivity contribution in [1.29, 1.82) is 0 Å². The largest absolute Gasteiger partial charge is 0.492 e. The van der Waals surface area contributed by atoms with Gasteiger partial charge in [0.1, 0.15) is 11.5 Å². The molecule has 0 aliphatic heterocycles. The van der Waals surface area contributed by atoms with Crippen LogP contribution in [0.1, 0.15) is 32.0 Å². The molecule has 0 bridgehead atoms. The van der Waals surface area contributed by atoms with Gasteiger partial charge >= 0.3 is 0 Å². The first-order chi connectivity index (χ1) is 7.54. The summed E-state index contributed by atoms with van der Waals surface area (Å²) in [5.41, 5.74) is 1.96. The van der Waals surface area contributed by atoms with Gasteiger partial charge in [0.25, 0.3) is 0 Å². The number of hydrogen-bond donors (Lipinski definition) is 1. The van der Waals surface area contributed by atoms with Crippen LogP contribution in [0.15, 0.2) is 12.8 Å². The summed E-state index contributed by atoms with van der Waals surface area (Å²) in [6.07, 6.45) is 1.99. The molecule has 0 spiro atoms. The molecular formula is C12H21N3O. The molecule has 16 heavy (non-hydrogen) atoms. The molecule has 1 heterocycles. The van der Waals surface area contributed by atoms with Crippen molar-refractivity contribution in [3.63, 3.8) is 0 Å². The molecule has 0 saturated carbocycles. The molecule has 1 N–H and O–H groups in total. The first-order valence-corrected chi connectivity index (χ1v) is 5.62. The molecule has 0 fully saturated rings. The molecule has 1 aromatic heterocycles. The molecule has 0 amide bonds. The van der Waals surface area contributed by atoms with Crippen molar-refractivity contribution < 1.29 is 4.74 Å². The fourth-order valence-corrected chi connectivity index (χ4v) is 1.46. The Labute approximate surface area is 97.3 Å². The van der Waals surface area contributed by atoms with Gasteiger partial charge in [-0.05, 0) is 6.92 Å². The Balaban J connectivity index is 2.78. The van der Waals surface area contributed by atoms with E-state index in [1.54, 1.807) is 4.68 Å². The average Bonchev–Trinajstić information content (AvgIpc) is 2.57. The zero-order valence-corrected chi connectivity index (χ0v) is 10.6. The Kier molecular flexibility index (Phi) is 4.55. The monoisotopic (exact) mass is 223 g/mol. The van der Waals surface area contributed by atoms with E-state index in [0.29, 0.717) is 18.4 Å². The molecule has 4 heteroatoms. The molecule has 1 aromatic rings. The van der Waals surface area contributed by atoms with Crippen molar-refractivity contribution in [2.45, 2.75) is 33.4 Å². The SMILES string of the molecule is C=C(OCC)c1nn(C)cc1CNC(C)C. The third-order valence-corrected chi connectivity index (χ3v) is 2.19. The van der Waals surface area contributed by atoms with Crippen LogP contribution >= 0.6 is 0 Å². The van der Waals surface area contributed by atoms with Crippen molar-refractivity contribution in [2.24, 2.45) is 7.05 Å². The van der Waals surface area contributed by atoms with E-state index in [1.165, 1.54) is 0 Å². The molecule has 0 atom stereocenters. The van der Waals surface area contributed by atoms with E-state index in [-0.39, 0.29) is 0 Å². The van der Waals surface area contributed by atoms with Gasteiger partial charge in [0.15, 0.2) is 0 Å². The summed E-state index contributed by atoms with van der Waals surface area (Å²) in [7, 11) is 1.90. The Morgan fingerprint density at radius 2 is 2.31 bits per heavy atom. The van der Waals surface area contributed by atoms with Gasteiger partial charge in [-0.25, -0.2) is 0 Å². The predicted molar refractivity (Wildman–Crippen MR) is 65.8 cm³/mol.